The van der Waals surface area contributed by atoms with E-state index in [9.17, 15) is 14.0 Å². The van der Waals surface area contributed by atoms with Crippen LogP contribution in [0.25, 0.3) is 10.9 Å². The Morgan fingerprint density at radius 3 is 2.70 bits per heavy atom. The van der Waals surface area contributed by atoms with E-state index in [-0.39, 0.29) is 23.9 Å². The maximum Gasteiger partial charge on any atom is 0.319 e. The van der Waals surface area contributed by atoms with Gasteiger partial charge in [0, 0.05) is 49.0 Å². The molecule has 8 nitrogen and oxygen atoms in total. The molecule has 0 spiro atoms. The summed E-state index contributed by atoms with van der Waals surface area (Å²) in [6.07, 6.45) is 0.825. The number of hydrogen-bond donors (Lipinski definition) is 4. The summed E-state index contributed by atoms with van der Waals surface area (Å²) in [5, 5.41) is 12.3. The molecule has 1 fully saturated rings. The third-order valence-corrected chi connectivity index (χ3v) is 5.52. The van der Waals surface area contributed by atoms with Gasteiger partial charge in [-0.15, -0.1) is 0 Å². The number of hydrogen-bond acceptors (Lipinski definition) is 4. The highest BCUT2D eigenvalue weighted by Crippen LogP contribution is 2.22. The van der Waals surface area contributed by atoms with Crippen molar-refractivity contribution in [3.8, 4) is 0 Å². The second-order valence-corrected chi connectivity index (χ2v) is 8.10. The average Bonchev–Trinajstić information content (AvgIpc) is 3.22. The molecule has 172 valence electrons. The first kappa shape index (κ1) is 22.5. The lowest BCUT2D eigenvalue weighted by molar-refractivity contribution is 0.246. The molecule has 1 unspecified atom stereocenters. The van der Waals surface area contributed by atoms with E-state index in [1.54, 1.807) is 0 Å². The molecule has 4 rings (SSSR count). The van der Waals surface area contributed by atoms with Gasteiger partial charge in [-0.3, -0.25) is 9.88 Å². The number of carbonyl (C=O) groups is 2. The van der Waals surface area contributed by atoms with Gasteiger partial charge in [0.05, 0.1) is 11.2 Å². The lowest BCUT2D eigenvalue weighted by Crippen LogP contribution is -2.41. The fourth-order valence-corrected chi connectivity index (χ4v) is 3.94. The smallest absolute Gasteiger partial charge is 0.319 e. The summed E-state index contributed by atoms with van der Waals surface area (Å²) in [6, 6.07) is 14.6. The van der Waals surface area contributed by atoms with Crippen LogP contribution in [0.1, 0.15) is 12.1 Å². The zero-order valence-corrected chi connectivity index (χ0v) is 18.4. The van der Waals surface area contributed by atoms with Crippen molar-refractivity contribution < 1.29 is 14.0 Å². The van der Waals surface area contributed by atoms with Crippen molar-refractivity contribution >= 4 is 34.3 Å². The lowest BCUT2D eigenvalue weighted by Gasteiger charge is -2.17. The van der Waals surface area contributed by atoms with E-state index in [0.717, 1.165) is 35.2 Å². The fraction of sp³-hybridized carbons (Fsp3) is 0.292. The van der Waals surface area contributed by atoms with Crippen LogP contribution in [-0.2, 0) is 0 Å². The van der Waals surface area contributed by atoms with Gasteiger partial charge in [-0.1, -0.05) is 18.2 Å². The molecule has 0 saturated carbocycles. The van der Waals surface area contributed by atoms with Gasteiger partial charge in [0.1, 0.15) is 5.82 Å². The highest BCUT2D eigenvalue weighted by molar-refractivity contribution is 6.00. The average molecular weight is 451 g/mol. The van der Waals surface area contributed by atoms with E-state index in [1.165, 1.54) is 24.3 Å². The van der Waals surface area contributed by atoms with E-state index in [4.69, 9.17) is 0 Å². The minimum atomic E-state index is -0.348. The number of nitrogens with zero attached hydrogens (tertiary/aromatic N) is 2. The maximum atomic E-state index is 13.0. The standard InChI is InChI=1S/C24H27FN6O2/c1-16-14-22(20-4-2-3-5-21(20)27-16)30-23(32)26-11-13-31-12-10-19(15-31)29-24(33)28-18-8-6-17(25)7-9-18/h2-9,14,19H,10-13,15H2,1H3,(H2,28,29,33)(H2,26,27,30,32). The van der Waals surface area contributed by atoms with Gasteiger partial charge in [0.25, 0.3) is 0 Å². The zero-order chi connectivity index (χ0) is 23.2. The van der Waals surface area contributed by atoms with E-state index in [2.05, 4.69) is 31.2 Å². The van der Waals surface area contributed by atoms with Gasteiger partial charge >= 0.3 is 12.1 Å². The molecule has 1 atom stereocenters. The summed E-state index contributed by atoms with van der Waals surface area (Å²) < 4.78 is 13.0. The number of aromatic nitrogens is 1. The number of aryl methyl sites for hydroxylation is 1. The lowest BCUT2D eigenvalue weighted by atomic mass is 10.1. The Morgan fingerprint density at radius 2 is 1.88 bits per heavy atom. The maximum absolute atomic E-state index is 13.0. The van der Waals surface area contributed by atoms with Gasteiger partial charge in [-0.25, -0.2) is 14.0 Å². The highest BCUT2D eigenvalue weighted by atomic mass is 19.1. The van der Waals surface area contributed by atoms with Crippen LogP contribution in [0.5, 0.6) is 0 Å². The highest BCUT2D eigenvalue weighted by Gasteiger charge is 2.23. The van der Waals surface area contributed by atoms with Crippen LogP contribution < -0.4 is 21.3 Å². The van der Waals surface area contributed by atoms with E-state index < -0.39 is 0 Å². The van der Waals surface area contributed by atoms with Crippen LogP contribution in [-0.4, -0.2) is 54.2 Å². The quantitative estimate of drug-likeness (QED) is 0.460. The van der Waals surface area contributed by atoms with Crippen LogP contribution >= 0.6 is 0 Å². The Morgan fingerprint density at radius 1 is 1.09 bits per heavy atom. The van der Waals surface area contributed by atoms with Crippen molar-refractivity contribution in [1.29, 1.82) is 0 Å². The molecule has 1 aliphatic rings. The Kier molecular flexibility index (Phi) is 6.99. The van der Waals surface area contributed by atoms with Crippen molar-refractivity contribution in [2.45, 2.75) is 19.4 Å². The number of nitrogens with one attached hydrogen (secondary N) is 4. The van der Waals surface area contributed by atoms with Crippen molar-refractivity contribution in [3.63, 3.8) is 0 Å². The van der Waals surface area contributed by atoms with Crippen molar-refractivity contribution in [2.24, 2.45) is 0 Å². The van der Waals surface area contributed by atoms with Crippen LogP contribution in [0.4, 0.5) is 25.4 Å². The molecule has 2 aromatic carbocycles. The number of likely N-dealkylation sites (tertiary alicyclic amines) is 1. The summed E-state index contributed by atoms with van der Waals surface area (Å²) in [6.45, 7) is 4.60. The number of fused-ring (bicyclic) bond motifs is 1. The second-order valence-electron chi connectivity index (χ2n) is 8.10. The van der Waals surface area contributed by atoms with Crippen LogP contribution in [0, 0.1) is 12.7 Å². The second kappa shape index (κ2) is 10.3. The molecule has 4 N–H and O–H groups in total. The zero-order valence-electron chi connectivity index (χ0n) is 18.4. The molecular formula is C24H27FN6O2. The minimum absolute atomic E-state index is 0.0189. The molecule has 1 aliphatic heterocycles. The summed E-state index contributed by atoms with van der Waals surface area (Å²) in [4.78, 5) is 31.2. The summed E-state index contributed by atoms with van der Waals surface area (Å²) in [7, 11) is 0. The number of pyridine rings is 1. The van der Waals surface area contributed by atoms with Crippen LogP contribution in [0.3, 0.4) is 0 Å². The number of amides is 4. The van der Waals surface area contributed by atoms with Gasteiger partial charge in [0.2, 0.25) is 0 Å². The van der Waals surface area contributed by atoms with Gasteiger partial charge in [-0.2, -0.15) is 0 Å². The number of benzene rings is 2. The van der Waals surface area contributed by atoms with Gasteiger partial charge in [-0.05, 0) is 49.7 Å². The number of carbonyl (C=O) groups excluding carboxylic acids is 2. The Labute approximate surface area is 191 Å². The molecule has 4 amide bonds. The molecule has 1 saturated heterocycles. The first-order valence-corrected chi connectivity index (χ1v) is 10.9. The van der Waals surface area contributed by atoms with Crippen molar-refractivity contribution in [1.82, 2.24) is 20.5 Å². The third kappa shape index (κ3) is 6.17. The number of rotatable bonds is 6. The monoisotopic (exact) mass is 450 g/mol. The topological polar surface area (TPSA) is 98.4 Å². The van der Waals surface area contributed by atoms with Crippen molar-refractivity contribution in [2.75, 3.05) is 36.8 Å². The minimum Gasteiger partial charge on any atom is -0.337 e. The summed E-state index contributed by atoms with van der Waals surface area (Å²) in [5.41, 5.74) is 2.94. The van der Waals surface area contributed by atoms with E-state index in [1.807, 2.05) is 37.3 Å². The molecule has 3 aromatic rings. The SMILES string of the molecule is Cc1cc(NC(=O)NCCN2CCC(NC(=O)Nc3ccc(F)cc3)C2)c2ccccc2n1. The normalized spacial score (nSPS) is 15.9. The predicted molar refractivity (Wildman–Crippen MR) is 127 cm³/mol. The largest absolute Gasteiger partial charge is 0.337 e. The Hall–Kier alpha value is -3.72. The molecule has 0 aliphatic carbocycles. The van der Waals surface area contributed by atoms with E-state index >= 15 is 0 Å². The molecule has 2 heterocycles. The first-order valence-electron chi connectivity index (χ1n) is 10.9. The Bertz CT molecular complexity index is 1140. The van der Waals surface area contributed by atoms with Gasteiger partial charge in [0.15, 0.2) is 0 Å². The fourth-order valence-electron chi connectivity index (χ4n) is 3.94. The van der Waals surface area contributed by atoms with E-state index in [0.29, 0.717) is 25.3 Å². The molecule has 33 heavy (non-hydrogen) atoms. The molecule has 0 bridgehead atoms. The molecular weight excluding hydrogens is 423 g/mol. The first-order chi connectivity index (χ1) is 16.0. The van der Waals surface area contributed by atoms with Crippen molar-refractivity contribution in [3.05, 3.63) is 66.1 Å². The Balaban J connectivity index is 1.19. The number of para-hydroxylation sites is 1. The number of anilines is 2. The van der Waals surface area contributed by atoms with Gasteiger partial charge < -0.3 is 21.3 Å². The predicted octanol–water partition coefficient (Wildman–Crippen LogP) is 3.70. The molecule has 9 heteroatoms. The molecule has 0 radical (unpaired) electrons. The number of halogens is 1. The molecule has 1 aromatic heterocycles. The third-order valence-electron chi connectivity index (χ3n) is 5.52. The number of urea groups is 2. The summed E-state index contributed by atoms with van der Waals surface area (Å²) >= 11 is 0. The van der Waals surface area contributed by atoms with Crippen LogP contribution in [0.15, 0.2) is 54.6 Å². The summed E-state index contributed by atoms with van der Waals surface area (Å²) in [5.74, 6) is -0.348. The van der Waals surface area contributed by atoms with Crippen LogP contribution in [0.2, 0.25) is 0 Å².